The van der Waals surface area contributed by atoms with Gasteiger partial charge in [-0.05, 0) is 62.7 Å². The molecular weight excluding hydrogens is 410 g/mol. The number of amides is 3. The Morgan fingerprint density at radius 3 is 2.44 bits per heavy atom. The van der Waals surface area contributed by atoms with E-state index in [1.165, 1.54) is 4.90 Å². The third kappa shape index (κ3) is 4.91. The first-order valence-corrected chi connectivity index (χ1v) is 10.2. The molecular formula is C24H27N3O5. The van der Waals surface area contributed by atoms with Gasteiger partial charge >= 0.3 is 12.0 Å². The highest BCUT2D eigenvalue weighted by atomic mass is 16.5. The summed E-state index contributed by atoms with van der Waals surface area (Å²) in [6, 6.07) is 12.7. The summed E-state index contributed by atoms with van der Waals surface area (Å²) >= 11 is 0. The van der Waals surface area contributed by atoms with E-state index in [0.717, 1.165) is 0 Å². The van der Waals surface area contributed by atoms with Crippen molar-refractivity contribution in [3.63, 3.8) is 0 Å². The Labute approximate surface area is 187 Å². The molecule has 0 saturated heterocycles. The zero-order valence-electron chi connectivity index (χ0n) is 18.8. The van der Waals surface area contributed by atoms with Crippen molar-refractivity contribution in [2.75, 3.05) is 19.5 Å². The van der Waals surface area contributed by atoms with Crippen LogP contribution in [0.1, 0.15) is 42.7 Å². The first-order chi connectivity index (χ1) is 15.2. The number of hydrogen-bond acceptors (Lipinski definition) is 5. The zero-order chi connectivity index (χ0) is 23.4. The minimum absolute atomic E-state index is 0.289. The summed E-state index contributed by atoms with van der Waals surface area (Å²) in [6.45, 7) is 5.24. The summed E-state index contributed by atoms with van der Waals surface area (Å²) < 4.78 is 10.5. The molecule has 0 fully saturated rings. The van der Waals surface area contributed by atoms with Gasteiger partial charge in [-0.2, -0.15) is 0 Å². The summed E-state index contributed by atoms with van der Waals surface area (Å²) in [5.41, 5.74) is 2.51. The Hall–Kier alpha value is -3.81. The maximum atomic E-state index is 12.8. The number of nitrogens with one attached hydrogen (secondary N) is 2. The predicted molar refractivity (Wildman–Crippen MR) is 120 cm³/mol. The van der Waals surface area contributed by atoms with Crippen molar-refractivity contribution < 1.29 is 23.9 Å². The lowest BCUT2D eigenvalue weighted by Gasteiger charge is -2.33. The number of rotatable bonds is 6. The number of allylic oxidation sites excluding steroid dienone is 1. The van der Waals surface area contributed by atoms with Gasteiger partial charge in [0.15, 0.2) is 0 Å². The number of carbonyl (C=O) groups excluding carboxylic acids is 3. The molecule has 1 heterocycles. The van der Waals surface area contributed by atoms with E-state index in [1.807, 2.05) is 0 Å². The third-order valence-corrected chi connectivity index (χ3v) is 5.15. The van der Waals surface area contributed by atoms with Gasteiger partial charge in [0.2, 0.25) is 0 Å². The number of esters is 1. The van der Waals surface area contributed by atoms with Crippen LogP contribution >= 0.6 is 0 Å². The minimum atomic E-state index is -0.706. The number of carbonyl (C=O) groups is 3. The summed E-state index contributed by atoms with van der Waals surface area (Å²) in [7, 11) is 3.15. The van der Waals surface area contributed by atoms with Crippen LogP contribution in [0, 0.1) is 0 Å². The van der Waals surface area contributed by atoms with Gasteiger partial charge in [0.1, 0.15) is 5.75 Å². The molecule has 0 aliphatic carbocycles. The van der Waals surface area contributed by atoms with E-state index >= 15 is 0 Å². The van der Waals surface area contributed by atoms with E-state index in [1.54, 1.807) is 83.5 Å². The standard InChI is InChI=1S/C24H27N3O5/c1-14(2)32-23(29)20-15(3)27(4)24(30)26-21(20)17-7-6-8-18(13-17)25-22(28)16-9-11-19(31-5)12-10-16/h6-14,21H,1-5H3,(H,25,28)(H,26,30). The fourth-order valence-electron chi connectivity index (χ4n) is 3.37. The average Bonchev–Trinajstić information content (AvgIpc) is 2.76. The van der Waals surface area contributed by atoms with Crippen molar-refractivity contribution in [1.82, 2.24) is 10.2 Å². The monoisotopic (exact) mass is 437 g/mol. The fourth-order valence-corrected chi connectivity index (χ4v) is 3.37. The van der Waals surface area contributed by atoms with E-state index in [4.69, 9.17) is 9.47 Å². The van der Waals surface area contributed by atoms with Crippen molar-refractivity contribution in [2.24, 2.45) is 0 Å². The molecule has 0 bridgehead atoms. The second-order valence-corrected chi connectivity index (χ2v) is 7.70. The maximum absolute atomic E-state index is 12.8. The molecule has 8 heteroatoms. The lowest BCUT2D eigenvalue weighted by atomic mass is 9.94. The molecule has 1 atom stereocenters. The largest absolute Gasteiger partial charge is 0.497 e. The van der Waals surface area contributed by atoms with Gasteiger partial charge < -0.3 is 25.0 Å². The molecule has 0 aromatic heterocycles. The quantitative estimate of drug-likeness (QED) is 0.669. The number of ether oxygens (including phenoxy) is 2. The van der Waals surface area contributed by atoms with Crippen LogP contribution < -0.4 is 15.4 Å². The van der Waals surface area contributed by atoms with Crippen LogP contribution in [0.15, 0.2) is 59.8 Å². The highest BCUT2D eigenvalue weighted by Crippen LogP contribution is 2.32. The molecule has 32 heavy (non-hydrogen) atoms. The van der Waals surface area contributed by atoms with Crippen LogP contribution in [0.3, 0.4) is 0 Å². The van der Waals surface area contributed by atoms with Crippen molar-refractivity contribution in [3.05, 3.63) is 70.9 Å². The smallest absolute Gasteiger partial charge is 0.338 e. The summed E-state index contributed by atoms with van der Waals surface area (Å²) in [5.74, 6) is -0.130. The molecule has 3 amide bonds. The second-order valence-electron chi connectivity index (χ2n) is 7.70. The molecule has 1 aliphatic heterocycles. The summed E-state index contributed by atoms with van der Waals surface area (Å²) in [4.78, 5) is 39.3. The lowest BCUT2D eigenvalue weighted by molar-refractivity contribution is -0.143. The Morgan fingerprint density at radius 1 is 1.12 bits per heavy atom. The average molecular weight is 437 g/mol. The van der Waals surface area contributed by atoms with Crippen LogP contribution in [0.2, 0.25) is 0 Å². The molecule has 1 aliphatic rings. The number of methoxy groups -OCH3 is 1. The Balaban J connectivity index is 1.89. The van der Waals surface area contributed by atoms with E-state index in [2.05, 4.69) is 10.6 Å². The number of anilines is 1. The minimum Gasteiger partial charge on any atom is -0.497 e. The molecule has 3 rings (SSSR count). The molecule has 2 aromatic carbocycles. The first kappa shape index (κ1) is 22.9. The van der Waals surface area contributed by atoms with Crippen LogP contribution in [0.25, 0.3) is 0 Å². The van der Waals surface area contributed by atoms with Crippen LogP contribution in [-0.2, 0) is 9.53 Å². The van der Waals surface area contributed by atoms with Crippen molar-refractivity contribution in [3.8, 4) is 5.75 Å². The van der Waals surface area contributed by atoms with Crippen molar-refractivity contribution in [1.29, 1.82) is 0 Å². The SMILES string of the molecule is COc1ccc(C(=O)Nc2cccc(C3NC(=O)N(C)C(C)=C3C(=O)OC(C)C)c2)cc1. The Bertz CT molecular complexity index is 1060. The highest BCUT2D eigenvalue weighted by molar-refractivity contribution is 6.04. The van der Waals surface area contributed by atoms with Gasteiger partial charge in [-0.3, -0.25) is 4.79 Å². The van der Waals surface area contributed by atoms with E-state index in [0.29, 0.717) is 33.8 Å². The van der Waals surface area contributed by atoms with Gasteiger partial charge in [0.05, 0.1) is 24.8 Å². The van der Waals surface area contributed by atoms with Crippen molar-refractivity contribution >= 4 is 23.6 Å². The lowest BCUT2D eigenvalue weighted by Crippen LogP contribution is -2.46. The molecule has 0 saturated carbocycles. The molecule has 1 unspecified atom stereocenters. The molecule has 2 aromatic rings. The molecule has 168 valence electrons. The Morgan fingerprint density at radius 2 is 1.81 bits per heavy atom. The maximum Gasteiger partial charge on any atom is 0.338 e. The van der Waals surface area contributed by atoms with Gasteiger partial charge in [-0.25, -0.2) is 9.59 Å². The fraction of sp³-hybridized carbons (Fsp3) is 0.292. The van der Waals surface area contributed by atoms with E-state index in [-0.39, 0.29) is 18.0 Å². The normalized spacial score (nSPS) is 16.0. The Kier molecular flexibility index (Phi) is 6.82. The number of urea groups is 1. The first-order valence-electron chi connectivity index (χ1n) is 10.2. The topological polar surface area (TPSA) is 97.0 Å². The molecule has 0 spiro atoms. The van der Waals surface area contributed by atoms with Crippen molar-refractivity contribution in [2.45, 2.75) is 32.9 Å². The number of hydrogen-bond donors (Lipinski definition) is 2. The van der Waals surface area contributed by atoms with Gasteiger partial charge in [-0.15, -0.1) is 0 Å². The second kappa shape index (κ2) is 9.55. The van der Waals surface area contributed by atoms with Gasteiger partial charge in [-0.1, -0.05) is 12.1 Å². The molecule has 8 nitrogen and oxygen atoms in total. The van der Waals surface area contributed by atoms with E-state index in [9.17, 15) is 14.4 Å². The summed E-state index contributed by atoms with van der Waals surface area (Å²) in [5, 5.41) is 5.69. The molecule has 2 N–H and O–H groups in total. The number of benzene rings is 2. The summed E-state index contributed by atoms with van der Waals surface area (Å²) in [6.07, 6.45) is -0.304. The highest BCUT2D eigenvalue weighted by Gasteiger charge is 2.35. The van der Waals surface area contributed by atoms with Crippen LogP contribution in [0.5, 0.6) is 5.75 Å². The molecule has 0 radical (unpaired) electrons. The third-order valence-electron chi connectivity index (χ3n) is 5.15. The van der Waals surface area contributed by atoms with Gasteiger partial charge in [0.25, 0.3) is 5.91 Å². The predicted octanol–water partition coefficient (Wildman–Crippen LogP) is 3.87. The zero-order valence-corrected chi connectivity index (χ0v) is 18.8. The number of nitrogens with zero attached hydrogens (tertiary/aromatic N) is 1. The van der Waals surface area contributed by atoms with Crippen LogP contribution in [0.4, 0.5) is 10.5 Å². The van der Waals surface area contributed by atoms with E-state index < -0.39 is 12.0 Å². The van der Waals surface area contributed by atoms with Gasteiger partial charge in [0, 0.05) is 24.0 Å². The van der Waals surface area contributed by atoms with Crippen LogP contribution in [-0.4, -0.2) is 43.1 Å².